The predicted molar refractivity (Wildman–Crippen MR) is 127 cm³/mol. The Hall–Kier alpha value is -3.32. The molecule has 0 bridgehead atoms. The zero-order valence-corrected chi connectivity index (χ0v) is 18.4. The molecule has 31 heavy (non-hydrogen) atoms. The molecule has 1 aliphatic rings. The molecule has 4 aromatic rings. The SMILES string of the molecule is COc1ccc(N2CCN(C(=O)c3sc4nc5cc(C)ccc5cc4c3N)CC2)cc1. The third-order valence-corrected chi connectivity index (χ3v) is 6.97. The van der Waals surface area contributed by atoms with Crippen LogP contribution in [0.1, 0.15) is 15.2 Å². The number of aromatic nitrogens is 1. The van der Waals surface area contributed by atoms with Crippen LogP contribution in [0.15, 0.2) is 48.5 Å². The Morgan fingerprint density at radius 2 is 1.81 bits per heavy atom. The summed E-state index contributed by atoms with van der Waals surface area (Å²) in [5.74, 6) is 0.837. The van der Waals surface area contributed by atoms with Crippen LogP contribution in [0, 0.1) is 6.92 Å². The Morgan fingerprint density at radius 3 is 2.52 bits per heavy atom. The van der Waals surface area contributed by atoms with E-state index in [1.54, 1.807) is 7.11 Å². The number of amides is 1. The molecule has 6 nitrogen and oxygen atoms in total. The molecule has 0 spiro atoms. The first-order valence-corrected chi connectivity index (χ1v) is 11.1. The number of nitrogens with zero attached hydrogens (tertiary/aromatic N) is 3. The Labute approximate surface area is 184 Å². The van der Waals surface area contributed by atoms with Crippen molar-refractivity contribution >= 4 is 49.7 Å². The number of ether oxygens (including phenoxy) is 1. The van der Waals surface area contributed by atoms with Crippen molar-refractivity contribution in [3.8, 4) is 5.75 Å². The minimum atomic E-state index is -0.00452. The van der Waals surface area contributed by atoms with Crippen molar-refractivity contribution in [3.63, 3.8) is 0 Å². The number of carbonyl (C=O) groups excluding carboxylic acids is 1. The van der Waals surface area contributed by atoms with Gasteiger partial charge in [0.2, 0.25) is 0 Å². The Bertz CT molecular complexity index is 1270. The molecule has 1 aliphatic heterocycles. The molecular formula is C24H24N4O2S. The van der Waals surface area contributed by atoms with Gasteiger partial charge in [0.1, 0.15) is 15.5 Å². The van der Waals surface area contributed by atoms with Gasteiger partial charge in [-0.3, -0.25) is 4.79 Å². The van der Waals surface area contributed by atoms with Crippen molar-refractivity contribution in [3.05, 3.63) is 59.0 Å². The minimum absolute atomic E-state index is 0.00452. The van der Waals surface area contributed by atoms with Crippen LogP contribution < -0.4 is 15.4 Å². The van der Waals surface area contributed by atoms with Gasteiger partial charge in [-0.2, -0.15) is 0 Å². The summed E-state index contributed by atoms with van der Waals surface area (Å²) < 4.78 is 5.23. The zero-order chi connectivity index (χ0) is 21.5. The molecule has 5 rings (SSSR count). The topological polar surface area (TPSA) is 71.7 Å². The lowest BCUT2D eigenvalue weighted by Crippen LogP contribution is -2.48. The van der Waals surface area contributed by atoms with E-state index in [9.17, 15) is 4.79 Å². The van der Waals surface area contributed by atoms with Crippen molar-refractivity contribution in [2.45, 2.75) is 6.92 Å². The van der Waals surface area contributed by atoms with Gasteiger partial charge in [-0.05, 0) is 48.9 Å². The van der Waals surface area contributed by atoms with E-state index in [2.05, 4.69) is 36.1 Å². The summed E-state index contributed by atoms with van der Waals surface area (Å²) in [5, 5.41) is 1.90. The van der Waals surface area contributed by atoms with Crippen LogP contribution in [0.2, 0.25) is 0 Å². The van der Waals surface area contributed by atoms with Gasteiger partial charge in [0.05, 0.1) is 18.3 Å². The molecule has 0 radical (unpaired) electrons. The Balaban J connectivity index is 1.36. The smallest absolute Gasteiger partial charge is 0.266 e. The van der Waals surface area contributed by atoms with Crippen LogP contribution in [0.25, 0.3) is 21.1 Å². The van der Waals surface area contributed by atoms with E-state index in [0.717, 1.165) is 51.2 Å². The van der Waals surface area contributed by atoms with Crippen LogP contribution >= 0.6 is 11.3 Å². The van der Waals surface area contributed by atoms with Crippen molar-refractivity contribution < 1.29 is 9.53 Å². The molecule has 0 atom stereocenters. The van der Waals surface area contributed by atoms with Crippen LogP contribution in [-0.2, 0) is 0 Å². The number of anilines is 2. The summed E-state index contributed by atoms with van der Waals surface area (Å²) in [4.78, 5) is 23.6. The first-order chi connectivity index (χ1) is 15.0. The average molecular weight is 433 g/mol. The number of rotatable bonds is 3. The number of fused-ring (bicyclic) bond motifs is 2. The highest BCUT2D eigenvalue weighted by atomic mass is 32.1. The lowest BCUT2D eigenvalue weighted by molar-refractivity contribution is 0.0752. The number of hydrogen-bond acceptors (Lipinski definition) is 6. The van der Waals surface area contributed by atoms with Crippen molar-refractivity contribution in [1.82, 2.24) is 9.88 Å². The van der Waals surface area contributed by atoms with E-state index in [1.807, 2.05) is 29.2 Å². The largest absolute Gasteiger partial charge is 0.497 e. The minimum Gasteiger partial charge on any atom is -0.497 e. The van der Waals surface area contributed by atoms with Crippen molar-refractivity contribution in [1.29, 1.82) is 0 Å². The summed E-state index contributed by atoms with van der Waals surface area (Å²) in [6.07, 6.45) is 0. The van der Waals surface area contributed by atoms with Gasteiger partial charge < -0.3 is 20.3 Å². The number of carbonyl (C=O) groups is 1. The lowest BCUT2D eigenvalue weighted by Gasteiger charge is -2.36. The quantitative estimate of drug-likeness (QED) is 0.522. The van der Waals surface area contributed by atoms with Crippen LogP contribution in [0.3, 0.4) is 0 Å². The van der Waals surface area contributed by atoms with E-state index in [0.29, 0.717) is 23.7 Å². The number of piperazine rings is 1. The molecule has 2 N–H and O–H groups in total. The molecule has 0 aliphatic carbocycles. The fraction of sp³-hybridized carbons (Fsp3) is 0.250. The number of methoxy groups -OCH3 is 1. The molecule has 0 saturated carbocycles. The van der Waals surface area contributed by atoms with Crippen molar-refractivity contribution in [2.24, 2.45) is 0 Å². The second-order valence-electron chi connectivity index (χ2n) is 7.86. The van der Waals surface area contributed by atoms with Crippen LogP contribution in [-0.4, -0.2) is 49.1 Å². The highest BCUT2D eigenvalue weighted by Gasteiger charge is 2.26. The number of pyridine rings is 1. The third kappa shape index (κ3) is 3.55. The van der Waals surface area contributed by atoms with E-state index in [-0.39, 0.29) is 5.91 Å². The maximum absolute atomic E-state index is 13.3. The molecule has 0 unspecified atom stereocenters. The summed E-state index contributed by atoms with van der Waals surface area (Å²) in [7, 11) is 1.66. The van der Waals surface area contributed by atoms with Gasteiger partial charge >= 0.3 is 0 Å². The highest BCUT2D eigenvalue weighted by molar-refractivity contribution is 7.21. The normalized spacial score (nSPS) is 14.4. The van der Waals surface area contributed by atoms with E-state index in [4.69, 9.17) is 15.5 Å². The summed E-state index contributed by atoms with van der Waals surface area (Å²) >= 11 is 1.39. The summed E-state index contributed by atoms with van der Waals surface area (Å²) in [6.45, 7) is 4.93. The second-order valence-corrected chi connectivity index (χ2v) is 8.86. The Kier molecular flexibility index (Phi) is 4.90. The highest BCUT2D eigenvalue weighted by Crippen LogP contribution is 2.35. The number of aryl methyl sites for hydroxylation is 1. The van der Waals surface area contributed by atoms with Gasteiger partial charge in [0.25, 0.3) is 5.91 Å². The molecule has 1 amide bonds. The first-order valence-electron chi connectivity index (χ1n) is 10.3. The standard InChI is InChI=1S/C24H24N4O2S/c1-15-3-4-16-14-19-21(25)22(31-23(19)26-20(16)13-15)24(29)28-11-9-27(10-12-28)17-5-7-18(30-2)8-6-17/h3-8,13-14H,9-12,25H2,1-2H3. The maximum atomic E-state index is 13.3. The maximum Gasteiger partial charge on any atom is 0.266 e. The van der Waals surface area contributed by atoms with Crippen LogP contribution in [0.4, 0.5) is 11.4 Å². The Morgan fingerprint density at radius 1 is 1.06 bits per heavy atom. The van der Waals surface area contributed by atoms with Gasteiger partial charge in [0.15, 0.2) is 0 Å². The van der Waals surface area contributed by atoms with Crippen molar-refractivity contribution in [2.75, 3.05) is 43.9 Å². The third-order valence-electron chi connectivity index (χ3n) is 5.87. The van der Waals surface area contributed by atoms with Gasteiger partial charge in [-0.25, -0.2) is 4.98 Å². The second kappa shape index (κ2) is 7.74. The van der Waals surface area contributed by atoms with Gasteiger partial charge in [0, 0.05) is 42.6 Å². The van der Waals surface area contributed by atoms with Crippen LogP contribution in [0.5, 0.6) is 5.75 Å². The zero-order valence-electron chi connectivity index (χ0n) is 17.6. The molecule has 158 valence electrons. The monoisotopic (exact) mass is 432 g/mol. The molecule has 2 aromatic carbocycles. The number of thiophene rings is 1. The molecule has 7 heteroatoms. The first kappa shape index (κ1) is 19.6. The number of hydrogen-bond donors (Lipinski definition) is 1. The predicted octanol–water partition coefficient (Wildman–Crippen LogP) is 4.31. The fourth-order valence-electron chi connectivity index (χ4n) is 4.07. The van der Waals surface area contributed by atoms with E-state index >= 15 is 0 Å². The number of nitrogen functional groups attached to an aromatic ring is 1. The fourth-order valence-corrected chi connectivity index (χ4v) is 5.12. The van der Waals surface area contributed by atoms with E-state index < -0.39 is 0 Å². The molecule has 1 saturated heterocycles. The molecule has 1 fully saturated rings. The number of benzene rings is 2. The van der Waals surface area contributed by atoms with Gasteiger partial charge in [-0.15, -0.1) is 11.3 Å². The van der Waals surface area contributed by atoms with E-state index in [1.165, 1.54) is 11.3 Å². The average Bonchev–Trinajstić information content (AvgIpc) is 3.12. The summed E-state index contributed by atoms with van der Waals surface area (Å²) in [6, 6.07) is 16.2. The summed E-state index contributed by atoms with van der Waals surface area (Å²) in [5.41, 5.74) is 10.2. The number of nitrogens with two attached hydrogens (primary N) is 1. The molecule has 3 heterocycles. The molecular weight excluding hydrogens is 408 g/mol. The molecule has 2 aromatic heterocycles. The lowest BCUT2D eigenvalue weighted by atomic mass is 10.1. The van der Waals surface area contributed by atoms with Gasteiger partial charge in [-0.1, -0.05) is 12.1 Å².